The highest BCUT2D eigenvalue weighted by atomic mass is 127. The first-order chi connectivity index (χ1) is 7.74. The fourth-order valence-electron chi connectivity index (χ4n) is 1.19. The number of nitrogens with two attached hydrogens (primary N) is 2. The van der Waals surface area contributed by atoms with Crippen LogP contribution in [0.1, 0.15) is 5.56 Å². The van der Waals surface area contributed by atoms with Crippen molar-refractivity contribution >= 4 is 29.9 Å². The number of guanidine groups is 1. The lowest BCUT2D eigenvalue weighted by molar-refractivity contribution is 0.146. The number of benzene rings is 1. The highest BCUT2D eigenvalue weighted by Gasteiger charge is 2.01. The van der Waals surface area contributed by atoms with Crippen LogP contribution in [0.5, 0.6) is 5.75 Å². The normalized spacial score (nSPS) is 9.24. The summed E-state index contributed by atoms with van der Waals surface area (Å²) in [6.07, 6.45) is 0. The first-order valence-corrected chi connectivity index (χ1v) is 4.99. The smallest absolute Gasteiger partial charge is 0.186 e. The second kappa shape index (κ2) is 9.06. The highest BCUT2D eigenvalue weighted by Crippen LogP contribution is 2.18. The Hall–Kier alpha value is -1.02. The number of hydrogen-bond donors (Lipinski definition) is 2. The van der Waals surface area contributed by atoms with Gasteiger partial charge in [-0.1, -0.05) is 18.2 Å². The number of para-hydroxylation sites is 1. The van der Waals surface area contributed by atoms with Gasteiger partial charge in [-0.05, 0) is 6.07 Å². The van der Waals surface area contributed by atoms with Gasteiger partial charge in [-0.3, -0.25) is 0 Å². The van der Waals surface area contributed by atoms with Crippen molar-refractivity contribution in [1.82, 2.24) is 0 Å². The summed E-state index contributed by atoms with van der Waals surface area (Å²) in [4.78, 5) is 3.94. The van der Waals surface area contributed by atoms with Gasteiger partial charge in [-0.2, -0.15) is 0 Å². The van der Waals surface area contributed by atoms with Crippen molar-refractivity contribution in [1.29, 1.82) is 0 Å². The number of rotatable bonds is 6. The van der Waals surface area contributed by atoms with Crippen LogP contribution in [0.3, 0.4) is 0 Å². The maximum absolute atomic E-state index is 5.53. The molecule has 0 aromatic heterocycles. The first-order valence-electron chi connectivity index (χ1n) is 4.99. The minimum Gasteiger partial charge on any atom is -0.491 e. The monoisotopic (exact) mass is 351 g/mol. The van der Waals surface area contributed by atoms with Crippen molar-refractivity contribution in [3.63, 3.8) is 0 Å². The van der Waals surface area contributed by atoms with E-state index in [1.807, 2.05) is 24.3 Å². The highest BCUT2D eigenvalue weighted by molar-refractivity contribution is 14.0. The van der Waals surface area contributed by atoms with Crippen molar-refractivity contribution < 1.29 is 9.47 Å². The summed E-state index contributed by atoms with van der Waals surface area (Å²) in [5.74, 6) is 0.858. The summed E-state index contributed by atoms with van der Waals surface area (Å²) < 4.78 is 10.4. The standard InChI is InChI=1S/C11H17N3O2.HI/c1-15-6-7-16-10-5-3-2-4-9(10)8-14-11(12)13;/h2-5H,6-8H2,1H3,(H4,12,13,14);1H. The molecule has 0 aliphatic rings. The van der Waals surface area contributed by atoms with E-state index in [1.165, 1.54) is 0 Å². The maximum Gasteiger partial charge on any atom is 0.186 e. The van der Waals surface area contributed by atoms with Gasteiger partial charge in [0.2, 0.25) is 0 Å². The van der Waals surface area contributed by atoms with Crippen molar-refractivity contribution in [3.8, 4) is 5.75 Å². The molecule has 0 unspecified atom stereocenters. The molecule has 0 aliphatic heterocycles. The van der Waals surface area contributed by atoms with Gasteiger partial charge in [0.05, 0.1) is 13.2 Å². The Bertz CT molecular complexity index is 354. The molecule has 6 heteroatoms. The average molecular weight is 351 g/mol. The van der Waals surface area contributed by atoms with Gasteiger partial charge in [0.25, 0.3) is 0 Å². The Kier molecular flexibility index (Phi) is 8.51. The largest absolute Gasteiger partial charge is 0.491 e. The van der Waals surface area contributed by atoms with Crippen LogP contribution in [0.2, 0.25) is 0 Å². The van der Waals surface area contributed by atoms with Gasteiger partial charge in [0, 0.05) is 12.7 Å². The summed E-state index contributed by atoms with van der Waals surface area (Å²) in [6, 6.07) is 7.63. The molecule has 96 valence electrons. The molecule has 0 aliphatic carbocycles. The fourth-order valence-corrected chi connectivity index (χ4v) is 1.19. The van der Waals surface area contributed by atoms with E-state index in [0.717, 1.165) is 11.3 Å². The molecule has 0 spiro atoms. The first kappa shape index (κ1) is 16.0. The third kappa shape index (κ3) is 6.32. The van der Waals surface area contributed by atoms with Gasteiger partial charge >= 0.3 is 0 Å². The number of methoxy groups -OCH3 is 1. The van der Waals surface area contributed by atoms with E-state index >= 15 is 0 Å². The zero-order valence-corrected chi connectivity index (χ0v) is 12.1. The topological polar surface area (TPSA) is 82.9 Å². The molecule has 4 N–H and O–H groups in total. The molecule has 1 aromatic carbocycles. The molecule has 1 rings (SSSR count). The van der Waals surface area contributed by atoms with E-state index in [-0.39, 0.29) is 29.9 Å². The molecule has 0 saturated carbocycles. The Morgan fingerprint density at radius 3 is 2.59 bits per heavy atom. The molecular weight excluding hydrogens is 333 g/mol. The van der Waals surface area contributed by atoms with Crippen molar-refractivity contribution in [3.05, 3.63) is 29.8 Å². The van der Waals surface area contributed by atoms with E-state index < -0.39 is 0 Å². The summed E-state index contributed by atoms with van der Waals surface area (Å²) >= 11 is 0. The minimum atomic E-state index is 0. The van der Waals surface area contributed by atoms with Crippen molar-refractivity contribution in [2.45, 2.75) is 6.54 Å². The Balaban J connectivity index is 0.00000256. The third-order valence-corrected chi connectivity index (χ3v) is 1.95. The summed E-state index contributed by atoms with van der Waals surface area (Å²) in [5.41, 5.74) is 11.5. The molecule has 0 atom stereocenters. The van der Waals surface area contributed by atoms with Crippen LogP contribution in [0.4, 0.5) is 0 Å². The predicted octanol–water partition coefficient (Wildman–Crippen LogP) is 1.10. The van der Waals surface area contributed by atoms with E-state index in [4.69, 9.17) is 20.9 Å². The number of nitrogens with zero attached hydrogens (tertiary/aromatic N) is 1. The van der Waals surface area contributed by atoms with E-state index in [0.29, 0.717) is 19.8 Å². The van der Waals surface area contributed by atoms with Gasteiger partial charge in [0.1, 0.15) is 12.4 Å². The second-order valence-electron chi connectivity index (χ2n) is 3.19. The van der Waals surface area contributed by atoms with Crippen LogP contribution in [-0.2, 0) is 11.3 Å². The summed E-state index contributed by atoms with van der Waals surface area (Å²) in [7, 11) is 1.63. The number of ether oxygens (including phenoxy) is 2. The molecule has 0 heterocycles. The van der Waals surface area contributed by atoms with Gasteiger partial charge in [0.15, 0.2) is 5.96 Å². The van der Waals surface area contributed by atoms with Crippen LogP contribution in [0.25, 0.3) is 0 Å². The summed E-state index contributed by atoms with van der Waals surface area (Å²) in [6.45, 7) is 1.48. The molecule has 0 radical (unpaired) electrons. The minimum absolute atomic E-state index is 0. The second-order valence-corrected chi connectivity index (χ2v) is 3.19. The SMILES string of the molecule is COCCOc1ccccc1CN=C(N)N.I. The van der Waals surface area contributed by atoms with Crippen LogP contribution in [-0.4, -0.2) is 26.3 Å². The van der Waals surface area contributed by atoms with Gasteiger partial charge in [-0.15, -0.1) is 24.0 Å². The third-order valence-electron chi connectivity index (χ3n) is 1.95. The lowest BCUT2D eigenvalue weighted by Gasteiger charge is -2.09. The summed E-state index contributed by atoms with van der Waals surface area (Å²) in [5, 5.41) is 0. The number of halogens is 1. The van der Waals surface area contributed by atoms with Gasteiger partial charge in [-0.25, -0.2) is 4.99 Å². The quantitative estimate of drug-likeness (QED) is 0.348. The molecule has 5 nitrogen and oxygen atoms in total. The lowest BCUT2D eigenvalue weighted by atomic mass is 10.2. The maximum atomic E-state index is 5.53. The molecule has 0 fully saturated rings. The van der Waals surface area contributed by atoms with Crippen LogP contribution < -0.4 is 16.2 Å². The zero-order chi connectivity index (χ0) is 11.8. The molecule has 0 amide bonds. The Morgan fingerprint density at radius 2 is 1.94 bits per heavy atom. The lowest BCUT2D eigenvalue weighted by Crippen LogP contribution is -2.22. The predicted molar refractivity (Wildman–Crippen MR) is 78.7 cm³/mol. The van der Waals surface area contributed by atoms with Crippen LogP contribution in [0, 0.1) is 0 Å². The molecular formula is C11H18IN3O2. The Labute approximate surface area is 118 Å². The Morgan fingerprint density at radius 1 is 1.24 bits per heavy atom. The molecule has 17 heavy (non-hydrogen) atoms. The molecule has 0 saturated heterocycles. The average Bonchev–Trinajstić information content (AvgIpc) is 2.28. The zero-order valence-electron chi connectivity index (χ0n) is 9.76. The van der Waals surface area contributed by atoms with E-state index in [2.05, 4.69) is 4.99 Å². The van der Waals surface area contributed by atoms with Crippen LogP contribution in [0.15, 0.2) is 29.3 Å². The molecule has 0 bridgehead atoms. The number of hydrogen-bond acceptors (Lipinski definition) is 3. The van der Waals surface area contributed by atoms with Crippen LogP contribution >= 0.6 is 24.0 Å². The van der Waals surface area contributed by atoms with Crippen molar-refractivity contribution in [2.24, 2.45) is 16.5 Å². The van der Waals surface area contributed by atoms with Crippen molar-refractivity contribution in [2.75, 3.05) is 20.3 Å². The van der Waals surface area contributed by atoms with Gasteiger partial charge < -0.3 is 20.9 Å². The molecule has 1 aromatic rings. The van der Waals surface area contributed by atoms with E-state index in [1.54, 1.807) is 7.11 Å². The van der Waals surface area contributed by atoms with E-state index in [9.17, 15) is 0 Å². The fraction of sp³-hybridized carbons (Fsp3) is 0.364. The number of aliphatic imine (C=N–C) groups is 1.